The van der Waals surface area contributed by atoms with E-state index < -0.39 is 17.7 Å². The Bertz CT molecular complexity index is 2400. The van der Waals surface area contributed by atoms with E-state index in [4.69, 9.17) is 16.3 Å². The van der Waals surface area contributed by atoms with E-state index in [1.54, 1.807) is 30.3 Å². The Balaban J connectivity index is 0.843. The molecule has 5 N–H and O–H groups in total. The zero-order chi connectivity index (χ0) is 39.0. The number of aryl methyl sites for hydroxylation is 2. The molecule has 15 heteroatoms. The van der Waals surface area contributed by atoms with Crippen molar-refractivity contribution in [1.29, 1.82) is 0 Å². The van der Waals surface area contributed by atoms with E-state index in [0.717, 1.165) is 81.1 Å². The normalized spacial score (nSPS) is 18.7. The molecule has 294 valence electrons. The number of pyridine rings is 1. The molecule has 1 fully saturated rings. The molecular formula is C41H45ClN6O6S2. The molecule has 1 saturated carbocycles. The number of H-pyrrole nitrogens is 1. The highest BCUT2D eigenvalue weighted by atomic mass is 35.5. The number of aliphatic hydroxyl groups is 2. The van der Waals surface area contributed by atoms with Crippen molar-refractivity contribution in [1.82, 2.24) is 30.2 Å². The van der Waals surface area contributed by atoms with Gasteiger partial charge >= 0.3 is 5.97 Å². The minimum absolute atomic E-state index is 0.0343. The zero-order valence-corrected chi connectivity index (χ0v) is 33.4. The predicted molar refractivity (Wildman–Crippen MR) is 218 cm³/mol. The van der Waals surface area contributed by atoms with Gasteiger partial charge in [0, 0.05) is 37.1 Å². The lowest BCUT2D eigenvalue weighted by Gasteiger charge is -2.35. The Kier molecular flexibility index (Phi) is 11.3. The number of rotatable bonds is 14. The number of esters is 1. The van der Waals surface area contributed by atoms with Crippen LogP contribution in [-0.4, -0.2) is 78.4 Å². The molecule has 2 atom stereocenters. The van der Waals surface area contributed by atoms with Gasteiger partial charge in [0.05, 0.1) is 31.2 Å². The van der Waals surface area contributed by atoms with Crippen molar-refractivity contribution in [3.8, 4) is 5.75 Å². The molecule has 0 radical (unpaired) electrons. The molecule has 0 spiro atoms. The maximum Gasteiger partial charge on any atom is 0.349 e. The van der Waals surface area contributed by atoms with E-state index in [-0.39, 0.29) is 17.4 Å². The monoisotopic (exact) mass is 816 g/mol. The van der Waals surface area contributed by atoms with Crippen LogP contribution in [0.15, 0.2) is 64.8 Å². The summed E-state index contributed by atoms with van der Waals surface area (Å²) in [5.74, 6) is -0.684. The number of thiophene rings is 2. The first-order valence-corrected chi connectivity index (χ1v) is 21.2. The smallest absolute Gasteiger partial charge is 0.349 e. The number of hydrogen-bond donors (Lipinski definition) is 5. The molecular weight excluding hydrogens is 772 g/mol. The number of ether oxygens (including phenoxy) is 1. The Morgan fingerprint density at radius 1 is 1.12 bits per heavy atom. The first-order valence-electron chi connectivity index (χ1n) is 19.1. The Morgan fingerprint density at radius 3 is 2.71 bits per heavy atom. The summed E-state index contributed by atoms with van der Waals surface area (Å²) in [4.78, 5) is 31.4. The van der Waals surface area contributed by atoms with Gasteiger partial charge in [-0.25, -0.2) is 9.48 Å². The SMILES string of the molecule is CN(CCCn1nnc2cc(CNC[C@H](O)c3ccc(O)c4[nH]c(=O)ccc34)c3c(c21)CCC3)C1CCC(OC(=O)C(O)(c2cccs2)c2ccc(Cl)s2)CC1. The zero-order valence-electron chi connectivity index (χ0n) is 31.0. The topological polar surface area (TPSA) is 166 Å². The van der Waals surface area contributed by atoms with Crippen LogP contribution in [0.5, 0.6) is 5.75 Å². The number of halogens is 1. The van der Waals surface area contributed by atoms with E-state index >= 15 is 0 Å². The first-order chi connectivity index (χ1) is 27.1. The molecule has 8 rings (SSSR count). The summed E-state index contributed by atoms with van der Waals surface area (Å²) in [7, 11) is 2.16. The average molecular weight is 817 g/mol. The quantitative estimate of drug-likeness (QED) is 0.0802. The third-order valence-electron chi connectivity index (χ3n) is 11.4. The van der Waals surface area contributed by atoms with Gasteiger partial charge in [0.25, 0.3) is 0 Å². The number of phenols is 1. The minimum Gasteiger partial charge on any atom is -0.506 e. The van der Waals surface area contributed by atoms with Crippen molar-refractivity contribution >= 4 is 62.2 Å². The molecule has 0 bridgehead atoms. The maximum atomic E-state index is 13.5. The number of aromatic amines is 1. The summed E-state index contributed by atoms with van der Waals surface area (Å²) in [6.07, 6.45) is 6.13. The molecule has 2 aromatic carbocycles. The Labute approximate surface area is 336 Å². The number of aromatic nitrogens is 4. The van der Waals surface area contributed by atoms with E-state index in [9.17, 15) is 24.9 Å². The van der Waals surface area contributed by atoms with Crippen LogP contribution in [0.2, 0.25) is 4.34 Å². The number of nitrogens with zero attached hydrogens (tertiary/aromatic N) is 4. The molecule has 0 saturated heterocycles. The summed E-state index contributed by atoms with van der Waals surface area (Å²) in [6.45, 7) is 2.51. The van der Waals surface area contributed by atoms with Gasteiger partial charge < -0.3 is 35.3 Å². The van der Waals surface area contributed by atoms with Crippen molar-refractivity contribution in [2.24, 2.45) is 0 Å². The van der Waals surface area contributed by atoms with Gasteiger partial charge in [0.1, 0.15) is 17.4 Å². The standard InChI is InChI=1S/C41H45ClN6O6S2/c1-47(25-8-10-26(11-9-25)54-40(52)41(53,34-7-3-20-55-34)35-15-16-36(42)56-35)18-4-19-48-39-30-6-2-5-27(30)24(21-31(39)45-46-48)22-43-23-33(50)28-12-14-32(49)38-29(28)13-17-37(51)44-38/h3,7,12-17,20-21,25-26,33,43,49-50,53H,2,4-6,8-11,18-19,22-23H2,1H3,(H,44,51)/t25?,26?,33-,41?/m0/s1. The van der Waals surface area contributed by atoms with Gasteiger partial charge in [-0.15, -0.1) is 27.8 Å². The number of carbonyl (C=O) groups excluding carboxylic acids is 1. The fourth-order valence-electron chi connectivity index (χ4n) is 8.47. The van der Waals surface area contributed by atoms with Gasteiger partial charge in [-0.3, -0.25) is 4.79 Å². The molecule has 0 aliphatic heterocycles. The van der Waals surface area contributed by atoms with Gasteiger partial charge in [0.15, 0.2) is 0 Å². The van der Waals surface area contributed by atoms with Crippen molar-refractivity contribution in [2.75, 3.05) is 20.1 Å². The van der Waals surface area contributed by atoms with Gasteiger partial charge in [-0.2, -0.15) is 0 Å². The van der Waals surface area contributed by atoms with Crippen LogP contribution < -0.4 is 10.9 Å². The van der Waals surface area contributed by atoms with Crippen molar-refractivity contribution in [3.05, 3.63) is 107 Å². The molecule has 1 unspecified atom stereocenters. The molecule has 2 aliphatic carbocycles. The van der Waals surface area contributed by atoms with Crippen LogP contribution in [0, 0.1) is 0 Å². The van der Waals surface area contributed by atoms with E-state index in [0.29, 0.717) is 49.7 Å². The number of fused-ring (bicyclic) bond motifs is 4. The Morgan fingerprint density at radius 2 is 1.95 bits per heavy atom. The van der Waals surface area contributed by atoms with E-state index in [1.807, 2.05) is 11.4 Å². The third kappa shape index (κ3) is 7.63. The van der Waals surface area contributed by atoms with Gasteiger partial charge in [-0.1, -0.05) is 28.9 Å². The van der Waals surface area contributed by atoms with Gasteiger partial charge in [0.2, 0.25) is 11.2 Å². The number of hydrogen-bond acceptors (Lipinski definition) is 12. The second kappa shape index (κ2) is 16.4. The number of carbonyl (C=O) groups is 1. The minimum atomic E-state index is -1.87. The molecule has 12 nitrogen and oxygen atoms in total. The van der Waals surface area contributed by atoms with Crippen LogP contribution in [0.3, 0.4) is 0 Å². The van der Waals surface area contributed by atoms with Crippen LogP contribution in [0.1, 0.15) is 76.6 Å². The largest absolute Gasteiger partial charge is 0.506 e. The summed E-state index contributed by atoms with van der Waals surface area (Å²) in [6, 6.07) is 15.6. The van der Waals surface area contributed by atoms with Crippen LogP contribution in [-0.2, 0) is 41.1 Å². The maximum absolute atomic E-state index is 13.5. The summed E-state index contributed by atoms with van der Waals surface area (Å²) >= 11 is 8.68. The highest BCUT2D eigenvalue weighted by molar-refractivity contribution is 7.16. The van der Waals surface area contributed by atoms with E-state index in [1.165, 1.54) is 45.9 Å². The predicted octanol–water partition coefficient (Wildman–Crippen LogP) is 6.18. The molecule has 0 amide bonds. The average Bonchev–Trinajstić information content (AvgIpc) is 4.03. The van der Waals surface area contributed by atoms with Crippen LogP contribution in [0.25, 0.3) is 21.9 Å². The summed E-state index contributed by atoms with van der Waals surface area (Å²) in [5, 5.41) is 48.0. The third-order valence-corrected chi connectivity index (χ3v) is 13.7. The van der Waals surface area contributed by atoms with Crippen molar-refractivity contribution < 1.29 is 24.9 Å². The van der Waals surface area contributed by atoms with Crippen molar-refractivity contribution in [3.63, 3.8) is 0 Å². The summed E-state index contributed by atoms with van der Waals surface area (Å²) in [5.41, 5.74) is 4.56. The fraction of sp³-hybridized carbons (Fsp3) is 0.415. The van der Waals surface area contributed by atoms with Gasteiger partial charge in [-0.05, 0) is 129 Å². The molecule has 56 heavy (non-hydrogen) atoms. The lowest BCUT2D eigenvalue weighted by atomic mass is 9.91. The lowest BCUT2D eigenvalue weighted by molar-refractivity contribution is -0.169. The Hall–Kier alpha value is -4.15. The highest BCUT2D eigenvalue weighted by Crippen LogP contribution is 2.40. The fourth-order valence-corrected chi connectivity index (χ4v) is 10.5. The number of nitrogens with one attached hydrogen (secondary N) is 2. The van der Waals surface area contributed by atoms with Crippen molar-refractivity contribution in [2.45, 2.75) is 88.3 Å². The second-order valence-corrected chi connectivity index (χ2v) is 17.6. The van der Waals surface area contributed by atoms with Crippen LogP contribution >= 0.6 is 34.3 Å². The highest BCUT2D eigenvalue weighted by Gasteiger charge is 2.45. The number of aromatic hydroxyl groups is 1. The lowest BCUT2D eigenvalue weighted by Crippen LogP contribution is -2.42. The molecule has 6 aromatic rings. The summed E-state index contributed by atoms with van der Waals surface area (Å²) < 4.78 is 8.53. The van der Waals surface area contributed by atoms with Crippen LogP contribution in [0.4, 0.5) is 0 Å². The number of benzene rings is 2. The molecule has 4 heterocycles. The number of phenolic OH excluding ortho intramolecular Hbond substituents is 1. The number of aliphatic hydroxyl groups excluding tert-OH is 1. The molecule has 4 aromatic heterocycles. The van der Waals surface area contributed by atoms with E-state index in [2.05, 4.69) is 43.3 Å². The molecule has 2 aliphatic rings. The first kappa shape index (κ1) is 38.7. The second-order valence-electron chi connectivity index (χ2n) is 14.9.